The minimum absolute atomic E-state index is 0.0180. The van der Waals surface area contributed by atoms with Gasteiger partial charge in [-0.2, -0.15) is 4.99 Å². The van der Waals surface area contributed by atoms with Crippen LogP contribution >= 0.6 is 0 Å². The molecule has 2 rings (SSSR count). The van der Waals surface area contributed by atoms with Crippen LogP contribution < -0.4 is 16.4 Å². The Balaban J connectivity index is 2.25. The lowest BCUT2D eigenvalue weighted by Crippen LogP contribution is -2.50. The molecule has 7 heteroatoms. The standard InChI is InChI=1S/C19H32N6O/c1-11(2)16(20)24-18(26)19(6,21)9-15-8-7-12(3)25(15)17-13(4)14(5)22-10-23-17/h10-12,15H,7-9,21H2,1-6H3,(H2,20,24,26). The summed E-state index contributed by atoms with van der Waals surface area (Å²) < 4.78 is 0. The molecule has 0 aromatic carbocycles. The van der Waals surface area contributed by atoms with Gasteiger partial charge >= 0.3 is 0 Å². The number of aliphatic imine (C=N–C) groups is 1. The molecule has 2 heterocycles. The number of amidine groups is 1. The van der Waals surface area contributed by atoms with Crippen molar-refractivity contribution in [1.29, 1.82) is 0 Å². The van der Waals surface area contributed by atoms with E-state index in [1.165, 1.54) is 0 Å². The second-order valence-corrected chi connectivity index (χ2v) is 8.01. The van der Waals surface area contributed by atoms with Gasteiger partial charge in [0.1, 0.15) is 18.0 Å². The molecule has 1 saturated heterocycles. The lowest BCUT2D eigenvalue weighted by Gasteiger charge is -2.34. The van der Waals surface area contributed by atoms with Gasteiger partial charge in [-0.25, -0.2) is 9.97 Å². The fourth-order valence-corrected chi connectivity index (χ4v) is 3.39. The van der Waals surface area contributed by atoms with Crippen LogP contribution in [0, 0.1) is 19.8 Å². The highest BCUT2D eigenvalue weighted by Crippen LogP contribution is 2.35. The number of anilines is 1. The first-order valence-electron chi connectivity index (χ1n) is 9.28. The molecule has 1 aliphatic heterocycles. The zero-order valence-electron chi connectivity index (χ0n) is 16.8. The van der Waals surface area contributed by atoms with Gasteiger partial charge in [-0.1, -0.05) is 13.8 Å². The molecule has 1 aliphatic rings. The molecule has 7 nitrogen and oxygen atoms in total. The van der Waals surface area contributed by atoms with Gasteiger partial charge in [0.05, 0.1) is 5.54 Å². The zero-order valence-corrected chi connectivity index (χ0v) is 16.8. The Morgan fingerprint density at radius 3 is 2.65 bits per heavy atom. The SMILES string of the molecule is Cc1ncnc(N2C(C)CCC2CC(C)(N)C(=O)N=C(N)C(C)C)c1C. The maximum atomic E-state index is 12.6. The Labute approximate surface area is 156 Å². The lowest BCUT2D eigenvalue weighted by molar-refractivity contribution is -0.122. The molecule has 0 aliphatic carbocycles. The van der Waals surface area contributed by atoms with Crippen LogP contribution in [0.3, 0.4) is 0 Å². The van der Waals surface area contributed by atoms with Gasteiger partial charge in [0.15, 0.2) is 0 Å². The minimum Gasteiger partial charge on any atom is -0.387 e. The van der Waals surface area contributed by atoms with Crippen LogP contribution in [-0.4, -0.2) is 39.3 Å². The number of amides is 1. The van der Waals surface area contributed by atoms with Crippen molar-refractivity contribution in [1.82, 2.24) is 9.97 Å². The molecule has 1 amide bonds. The number of rotatable bonds is 5. The van der Waals surface area contributed by atoms with E-state index in [0.717, 1.165) is 29.9 Å². The molecule has 1 aromatic heterocycles. The summed E-state index contributed by atoms with van der Waals surface area (Å²) in [6.45, 7) is 11.7. The van der Waals surface area contributed by atoms with Crippen LogP contribution in [-0.2, 0) is 4.79 Å². The van der Waals surface area contributed by atoms with Gasteiger partial charge < -0.3 is 16.4 Å². The van der Waals surface area contributed by atoms with Gasteiger partial charge in [0.25, 0.3) is 5.91 Å². The number of carbonyl (C=O) groups excluding carboxylic acids is 1. The predicted molar refractivity (Wildman–Crippen MR) is 105 cm³/mol. The van der Waals surface area contributed by atoms with E-state index in [1.54, 1.807) is 13.3 Å². The monoisotopic (exact) mass is 360 g/mol. The van der Waals surface area contributed by atoms with Crippen molar-refractivity contribution < 1.29 is 4.79 Å². The maximum absolute atomic E-state index is 12.6. The van der Waals surface area contributed by atoms with Crippen LogP contribution in [0.5, 0.6) is 0 Å². The van der Waals surface area contributed by atoms with Gasteiger partial charge in [-0.15, -0.1) is 0 Å². The van der Waals surface area contributed by atoms with Gasteiger partial charge in [-0.3, -0.25) is 4.79 Å². The summed E-state index contributed by atoms with van der Waals surface area (Å²) in [6.07, 6.45) is 4.11. The van der Waals surface area contributed by atoms with Crippen LogP contribution in [0.2, 0.25) is 0 Å². The zero-order chi connectivity index (χ0) is 19.6. The first kappa shape index (κ1) is 20.3. The lowest BCUT2D eigenvalue weighted by atomic mass is 9.92. The third kappa shape index (κ3) is 4.20. The highest BCUT2D eigenvalue weighted by atomic mass is 16.2. The van der Waals surface area contributed by atoms with Crippen molar-refractivity contribution in [3.05, 3.63) is 17.6 Å². The van der Waals surface area contributed by atoms with E-state index in [1.807, 2.05) is 27.7 Å². The van der Waals surface area contributed by atoms with E-state index in [9.17, 15) is 4.79 Å². The summed E-state index contributed by atoms with van der Waals surface area (Å²) in [5, 5.41) is 0. The van der Waals surface area contributed by atoms with E-state index in [4.69, 9.17) is 11.5 Å². The molecular formula is C19H32N6O. The summed E-state index contributed by atoms with van der Waals surface area (Å²) >= 11 is 0. The number of nitrogens with zero attached hydrogens (tertiary/aromatic N) is 4. The molecule has 0 spiro atoms. The molecule has 3 unspecified atom stereocenters. The predicted octanol–water partition coefficient (Wildman–Crippen LogP) is 2.10. The molecule has 26 heavy (non-hydrogen) atoms. The van der Waals surface area contributed by atoms with Crippen LogP contribution in [0.4, 0.5) is 5.82 Å². The largest absolute Gasteiger partial charge is 0.387 e. The molecule has 0 radical (unpaired) electrons. The average molecular weight is 361 g/mol. The van der Waals surface area contributed by atoms with Gasteiger partial charge in [-0.05, 0) is 47.0 Å². The molecule has 3 atom stereocenters. The van der Waals surface area contributed by atoms with Crippen molar-refractivity contribution in [2.24, 2.45) is 22.4 Å². The summed E-state index contributed by atoms with van der Waals surface area (Å²) in [5.74, 6) is 0.912. The third-order valence-electron chi connectivity index (χ3n) is 5.31. The number of aromatic nitrogens is 2. The highest BCUT2D eigenvalue weighted by molar-refractivity contribution is 5.98. The second-order valence-electron chi connectivity index (χ2n) is 8.01. The Hall–Kier alpha value is -2.02. The van der Waals surface area contributed by atoms with E-state index in [-0.39, 0.29) is 17.9 Å². The molecule has 1 aromatic rings. The number of nitrogens with two attached hydrogens (primary N) is 2. The Bertz CT molecular complexity index is 697. The van der Waals surface area contributed by atoms with Crippen molar-refractivity contribution in [2.75, 3.05) is 4.90 Å². The molecule has 0 bridgehead atoms. The van der Waals surface area contributed by atoms with Gasteiger partial charge in [0.2, 0.25) is 0 Å². The van der Waals surface area contributed by atoms with E-state index < -0.39 is 5.54 Å². The normalized spacial score (nSPS) is 23.4. The van der Waals surface area contributed by atoms with Crippen molar-refractivity contribution in [2.45, 2.75) is 78.4 Å². The van der Waals surface area contributed by atoms with Crippen LogP contribution in [0.15, 0.2) is 11.3 Å². The Kier molecular flexibility index (Phi) is 6.01. The first-order chi connectivity index (χ1) is 12.0. The summed E-state index contributed by atoms with van der Waals surface area (Å²) in [7, 11) is 0. The molecular weight excluding hydrogens is 328 g/mol. The van der Waals surface area contributed by atoms with Crippen molar-refractivity contribution in [3.63, 3.8) is 0 Å². The average Bonchev–Trinajstić information content (AvgIpc) is 2.89. The van der Waals surface area contributed by atoms with Crippen LogP contribution in [0.25, 0.3) is 0 Å². The fraction of sp³-hybridized carbons (Fsp3) is 0.684. The minimum atomic E-state index is -1.07. The first-order valence-corrected chi connectivity index (χ1v) is 9.28. The number of aryl methyl sites for hydroxylation is 1. The molecule has 0 saturated carbocycles. The van der Waals surface area contributed by atoms with E-state index >= 15 is 0 Å². The smallest absolute Gasteiger partial charge is 0.267 e. The van der Waals surface area contributed by atoms with E-state index in [0.29, 0.717) is 18.3 Å². The molecule has 144 valence electrons. The number of carbonyl (C=O) groups is 1. The topological polar surface area (TPSA) is 110 Å². The second kappa shape index (κ2) is 7.70. The molecule has 1 fully saturated rings. The molecule has 4 N–H and O–H groups in total. The fourth-order valence-electron chi connectivity index (χ4n) is 3.39. The maximum Gasteiger partial charge on any atom is 0.267 e. The summed E-state index contributed by atoms with van der Waals surface area (Å²) in [4.78, 5) is 27.7. The van der Waals surface area contributed by atoms with Crippen LogP contribution in [0.1, 0.15) is 58.2 Å². The number of hydrogen-bond donors (Lipinski definition) is 2. The highest BCUT2D eigenvalue weighted by Gasteiger charge is 2.39. The quantitative estimate of drug-likeness (QED) is 0.614. The number of hydrogen-bond acceptors (Lipinski definition) is 5. The Morgan fingerprint density at radius 2 is 2.04 bits per heavy atom. The van der Waals surface area contributed by atoms with Gasteiger partial charge in [0, 0.05) is 29.3 Å². The third-order valence-corrected chi connectivity index (χ3v) is 5.31. The Morgan fingerprint density at radius 1 is 1.38 bits per heavy atom. The van der Waals surface area contributed by atoms with Crippen molar-refractivity contribution >= 4 is 17.6 Å². The summed E-state index contributed by atoms with van der Waals surface area (Å²) in [6, 6.07) is 0.468. The van der Waals surface area contributed by atoms with Crippen molar-refractivity contribution in [3.8, 4) is 0 Å². The van der Waals surface area contributed by atoms with E-state index in [2.05, 4.69) is 26.8 Å². The summed E-state index contributed by atoms with van der Waals surface area (Å²) in [5.41, 5.74) is 13.2.